The van der Waals surface area contributed by atoms with Gasteiger partial charge < -0.3 is 11.1 Å². The molecular weight excluding hydrogens is 274 g/mol. The quantitative estimate of drug-likeness (QED) is 0.831. The Morgan fingerprint density at radius 2 is 2.05 bits per heavy atom. The number of nitrogens with two attached hydrogens (primary N) is 1. The van der Waals surface area contributed by atoms with Gasteiger partial charge in [0.05, 0.1) is 11.3 Å². The number of aryl methyl sites for hydroxylation is 1. The normalized spacial score (nSPS) is 9.85. The van der Waals surface area contributed by atoms with E-state index in [1.54, 1.807) is 36.4 Å². The van der Waals surface area contributed by atoms with Crippen LogP contribution < -0.4 is 11.1 Å². The van der Waals surface area contributed by atoms with Gasteiger partial charge in [-0.3, -0.25) is 4.79 Å². The third-order valence-electron chi connectivity index (χ3n) is 2.86. The van der Waals surface area contributed by atoms with Crippen LogP contribution in [0.4, 0.5) is 11.4 Å². The van der Waals surface area contributed by atoms with Crippen molar-refractivity contribution in [3.63, 3.8) is 0 Å². The van der Waals surface area contributed by atoms with Gasteiger partial charge in [-0.15, -0.1) is 0 Å². The maximum absolute atomic E-state index is 12.2. The number of hydrogen-bond donors (Lipinski definition) is 2. The largest absolute Gasteiger partial charge is 0.399 e. The molecule has 0 radical (unpaired) electrons. The maximum Gasteiger partial charge on any atom is 0.256 e. The highest BCUT2D eigenvalue weighted by atomic mass is 35.5. The molecule has 100 valence electrons. The first-order chi connectivity index (χ1) is 9.51. The topological polar surface area (TPSA) is 78.9 Å². The summed E-state index contributed by atoms with van der Waals surface area (Å²) in [6.45, 7) is 1.82. The molecule has 0 fully saturated rings. The van der Waals surface area contributed by atoms with E-state index in [1.165, 1.54) is 0 Å². The third-order valence-corrected chi connectivity index (χ3v) is 3.09. The fourth-order valence-corrected chi connectivity index (χ4v) is 1.96. The summed E-state index contributed by atoms with van der Waals surface area (Å²) in [6.07, 6.45) is 0. The number of nitriles is 1. The van der Waals surface area contributed by atoms with E-state index in [-0.39, 0.29) is 5.91 Å². The van der Waals surface area contributed by atoms with E-state index in [4.69, 9.17) is 22.6 Å². The van der Waals surface area contributed by atoms with Crippen molar-refractivity contribution >= 4 is 28.9 Å². The highest BCUT2D eigenvalue weighted by Crippen LogP contribution is 2.22. The minimum atomic E-state index is -0.325. The minimum absolute atomic E-state index is 0.325. The van der Waals surface area contributed by atoms with Crippen molar-refractivity contribution in [1.82, 2.24) is 0 Å². The van der Waals surface area contributed by atoms with Gasteiger partial charge in [0, 0.05) is 16.3 Å². The van der Waals surface area contributed by atoms with Gasteiger partial charge in [-0.25, -0.2) is 0 Å². The Balaban J connectivity index is 2.35. The lowest BCUT2D eigenvalue weighted by atomic mass is 10.1. The number of rotatable bonds is 2. The number of carbonyl (C=O) groups is 1. The molecule has 2 aromatic carbocycles. The van der Waals surface area contributed by atoms with Crippen LogP contribution >= 0.6 is 11.6 Å². The number of benzene rings is 2. The van der Waals surface area contributed by atoms with Crippen LogP contribution in [0.2, 0.25) is 5.02 Å². The van der Waals surface area contributed by atoms with Crippen LogP contribution in [0, 0.1) is 18.3 Å². The average Bonchev–Trinajstić information content (AvgIpc) is 2.41. The summed E-state index contributed by atoms with van der Waals surface area (Å²) < 4.78 is 0. The predicted molar refractivity (Wildman–Crippen MR) is 79.7 cm³/mol. The predicted octanol–water partition coefficient (Wildman–Crippen LogP) is 3.35. The molecule has 0 spiro atoms. The second-order valence-electron chi connectivity index (χ2n) is 4.33. The molecule has 0 aliphatic carbocycles. The molecule has 2 aromatic rings. The van der Waals surface area contributed by atoms with Crippen molar-refractivity contribution in [2.24, 2.45) is 0 Å². The first kappa shape index (κ1) is 13.9. The maximum atomic E-state index is 12.2. The van der Waals surface area contributed by atoms with Gasteiger partial charge >= 0.3 is 0 Å². The average molecular weight is 286 g/mol. The van der Waals surface area contributed by atoms with Gasteiger partial charge in [-0.1, -0.05) is 17.7 Å². The highest BCUT2D eigenvalue weighted by Gasteiger charge is 2.12. The Bertz CT molecular complexity index is 720. The van der Waals surface area contributed by atoms with Crippen molar-refractivity contribution in [1.29, 1.82) is 5.26 Å². The van der Waals surface area contributed by atoms with Crippen LogP contribution in [0.25, 0.3) is 0 Å². The minimum Gasteiger partial charge on any atom is -0.399 e. The van der Waals surface area contributed by atoms with E-state index >= 15 is 0 Å². The molecule has 0 saturated heterocycles. The lowest BCUT2D eigenvalue weighted by molar-refractivity contribution is 0.102. The Hall–Kier alpha value is -2.51. The molecule has 0 unspecified atom stereocenters. The number of nitrogen functional groups attached to an aromatic ring is 1. The standard InChI is InChI=1S/C15H12ClN3O/c1-9-2-5-12(18)7-13(9)15(20)19-14-6-11(16)4-3-10(14)8-17/h2-7H,18H2,1H3,(H,19,20). The van der Waals surface area contributed by atoms with Gasteiger partial charge in [0.2, 0.25) is 0 Å². The summed E-state index contributed by atoms with van der Waals surface area (Å²) >= 11 is 5.88. The molecule has 4 nitrogen and oxygen atoms in total. The lowest BCUT2D eigenvalue weighted by Gasteiger charge is -2.10. The summed E-state index contributed by atoms with van der Waals surface area (Å²) in [4.78, 5) is 12.2. The molecule has 0 aromatic heterocycles. The van der Waals surface area contributed by atoms with Crippen LogP contribution in [0.3, 0.4) is 0 Å². The highest BCUT2D eigenvalue weighted by molar-refractivity contribution is 6.31. The summed E-state index contributed by atoms with van der Waals surface area (Å²) in [5, 5.41) is 12.2. The van der Waals surface area contributed by atoms with Gasteiger partial charge in [0.1, 0.15) is 6.07 Å². The van der Waals surface area contributed by atoms with Crippen LogP contribution in [0.5, 0.6) is 0 Å². The van der Waals surface area contributed by atoms with Gasteiger partial charge in [0.15, 0.2) is 0 Å². The molecule has 2 rings (SSSR count). The van der Waals surface area contributed by atoms with E-state index < -0.39 is 0 Å². The van der Waals surface area contributed by atoms with E-state index in [1.807, 2.05) is 13.0 Å². The zero-order valence-corrected chi connectivity index (χ0v) is 11.5. The second kappa shape index (κ2) is 5.64. The molecule has 20 heavy (non-hydrogen) atoms. The first-order valence-electron chi connectivity index (χ1n) is 5.88. The molecule has 3 N–H and O–H groups in total. The number of hydrogen-bond acceptors (Lipinski definition) is 3. The van der Waals surface area contributed by atoms with Crippen molar-refractivity contribution in [3.05, 3.63) is 58.1 Å². The monoisotopic (exact) mass is 285 g/mol. The van der Waals surface area contributed by atoms with Crippen LogP contribution in [0.1, 0.15) is 21.5 Å². The molecule has 0 heterocycles. The third kappa shape index (κ3) is 2.90. The van der Waals surface area contributed by atoms with Crippen LogP contribution in [-0.2, 0) is 0 Å². The molecule has 1 amide bonds. The fraction of sp³-hybridized carbons (Fsp3) is 0.0667. The summed E-state index contributed by atoms with van der Waals surface area (Å²) in [6, 6.07) is 11.8. The molecule has 0 aliphatic rings. The summed E-state index contributed by atoms with van der Waals surface area (Å²) in [5.41, 5.74) is 8.19. The van der Waals surface area contributed by atoms with Crippen molar-refractivity contribution < 1.29 is 4.79 Å². The van der Waals surface area contributed by atoms with Gasteiger partial charge in [-0.2, -0.15) is 5.26 Å². The van der Waals surface area contributed by atoms with Crippen LogP contribution in [-0.4, -0.2) is 5.91 Å². The number of nitrogens with zero attached hydrogens (tertiary/aromatic N) is 1. The number of carbonyl (C=O) groups excluding carboxylic acids is 1. The van der Waals surface area contributed by atoms with Crippen molar-refractivity contribution in [2.45, 2.75) is 6.92 Å². The zero-order chi connectivity index (χ0) is 14.7. The van der Waals surface area contributed by atoms with E-state index in [2.05, 4.69) is 5.32 Å². The van der Waals surface area contributed by atoms with E-state index in [0.29, 0.717) is 27.5 Å². The molecule has 5 heteroatoms. The molecule has 0 aliphatic heterocycles. The smallest absolute Gasteiger partial charge is 0.256 e. The molecular formula is C15H12ClN3O. The summed E-state index contributed by atoms with van der Waals surface area (Å²) in [5.74, 6) is -0.325. The molecule has 0 saturated carbocycles. The zero-order valence-electron chi connectivity index (χ0n) is 10.8. The van der Waals surface area contributed by atoms with Crippen molar-refractivity contribution in [2.75, 3.05) is 11.1 Å². The summed E-state index contributed by atoms with van der Waals surface area (Å²) in [7, 11) is 0. The SMILES string of the molecule is Cc1ccc(N)cc1C(=O)Nc1cc(Cl)ccc1C#N. The number of amides is 1. The fourth-order valence-electron chi connectivity index (χ4n) is 1.79. The Morgan fingerprint density at radius 3 is 2.75 bits per heavy atom. The Kier molecular flexibility index (Phi) is 3.92. The lowest BCUT2D eigenvalue weighted by Crippen LogP contribution is -2.14. The molecule has 0 bridgehead atoms. The molecule has 0 atom stereocenters. The van der Waals surface area contributed by atoms with E-state index in [0.717, 1.165) is 5.56 Å². The van der Waals surface area contributed by atoms with Gasteiger partial charge in [-0.05, 0) is 42.8 Å². The Labute approximate surface area is 121 Å². The number of nitrogens with one attached hydrogen (secondary N) is 1. The Morgan fingerprint density at radius 1 is 1.30 bits per heavy atom. The first-order valence-corrected chi connectivity index (χ1v) is 6.26. The second-order valence-corrected chi connectivity index (χ2v) is 4.77. The van der Waals surface area contributed by atoms with Crippen LogP contribution in [0.15, 0.2) is 36.4 Å². The van der Waals surface area contributed by atoms with Crippen molar-refractivity contribution in [3.8, 4) is 6.07 Å². The van der Waals surface area contributed by atoms with E-state index in [9.17, 15) is 4.79 Å². The number of anilines is 2. The number of halogens is 1. The van der Waals surface area contributed by atoms with Gasteiger partial charge in [0.25, 0.3) is 5.91 Å².